The third-order valence-corrected chi connectivity index (χ3v) is 5.80. The van der Waals surface area contributed by atoms with Gasteiger partial charge in [0.05, 0.1) is 18.6 Å². The lowest BCUT2D eigenvalue weighted by Gasteiger charge is -2.25. The maximum absolute atomic E-state index is 12.2. The van der Waals surface area contributed by atoms with Crippen LogP contribution in [0.2, 0.25) is 0 Å². The standard InChI is InChI=1S/C20H23N3O4S/c1-4-28(25,26)22-16-11-9-15(10-12-16)18-13-19(23(21-18)14(2)24)17-7-5-6-8-20(17)27-3/h5-13,19,21-22H,4H2,1-3H3. The van der Waals surface area contributed by atoms with E-state index in [4.69, 9.17) is 4.74 Å². The molecular formula is C20H23N3O4S. The molecule has 0 fully saturated rings. The average Bonchev–Trinajstić information content (AvgIpc) is 3.14. The van der Waals surface area contributed by atoms with Gasteiger partial charge in [0.25, 0.3) is 0 Å². The lowest BCUT2D eigenvalue weighted by Crippen LogP contribution is -2.37. The van der Waals surface area contributed by atoms with Gasteiger partial charge in [-0.1, -0.05) is 30.3 Å². The van der Waals surface area contributed by atoms with Gasteiger partial charge in [0.2, 0.25) is 15.9 Å². The molecule has 1 unspecified atom stereocenters. The van der Waals surface area contributed by atoms with Crippen LogP contribution in [-0.4, -0.2) is 32.2 Å². The number of methoxy groups -OCH3 is 1. The van der Waals surface area contributed by atoms with Crippen molar-refractivity contribution >= 4 is 27.3 Å². The van der Waals surface area contributed by atoms with Crippen LogP contribution in [0.5, 0.6) is 5.75 Å². The molecule has 1 heterocycles. The lowest BCUT2D eigenvalue weighted by atomic mass is 10.0. The molecule has 1 aliphatic heterocycles. The predicted octanol–water partition coefficient (Wildman–Crippen LogP) is 2.91. The number of hydrazine groups is 1. The van der Waals surface area contributed by atoms with Gasteiger partial charge < -0.3 is 4.74 Å². The van der Waals surface area contributed by atoms with Crippen LogP contribution in [0.25, 0.3) is 5.70 Å². The fourth-order valence-electron chi connectivity index (χ4n) is 3.01. The third-order valence-electron chi connectivity index (χ3n) is 4.49. The van der Waals surface area contributed by atoms with E-state index >= 15 is 0 Å². The molecule has 2 N–H and O–H groups in total. The van der Waals surface area contributed by atoms with Crippen LogP contribution in [-0.2, 0) is 14.8 Å². The van der Waals surface area contributed by atoms with E-state index in [1.165, 1.54) is 6.92 Å². The predicted molar refractivity (Wildman–Crippen MR) is 109 cm³/mol. The molecule has 0 radical (unpaired) electrons. The van der Waals surface area contributed by atoms with Crippen molar-refractivity contribution in [3.8, 4) is 5.75 Å². The number of hydrogen-bond acceptors (Lipinski definition) is 5. The van der Waals surface area contributed by atoms with E-state index in [1.54, 1.807) is 43.3 Å². The summed E-state index contributed by atoms with van der Waals surface area (Å²) in [5, 5.41) is 1.54. The molecule has 3 rings (SSSR count). The molecule has 148 valence electrons. The van der Waals surface area contributed by atoms with Gasteiger partial charge in [-0.15, -0.1) is 0 Å². The molecule has 1 amide bonds. The number of hydrogen-bond donors (Lipinski definition) is 2. The monoisotopic (exact) mass is 401 g/mol. The van der Waals surface area contributed by atoms with Crippen molar-refractivity contribution in [2.75, 3.05) is 17.6 Å². The highest BCUT2D eigenvalue weighted by Crippen LogP contribution is 2.36. The molecule has 7 nitrogen and oxygen atoms in total. The van der Waals surface area contributed by atoms with Crippen molar-refractivity contribution in [1.29, 1.82) is 0 Å². The second-order valence-corrected chi connectivity index (χ2v) is 8.36. The zero-order valence-corrected chi connectivity index (χ0v) is 16.8. The molecule has 0 saturated heterocycles. The summed E-state index contributed by atoms with van der Waals surface area (Å²) in [6, 6.07) is 14.2. The molecule has 1 aliphatic rings. The van der Waals surface area contributed by atoms with E-state index in [2.05, 4.69) is 10.1 Å². The second-order valence-electron chi connectivity index (χ2n) is 6.35. The van der Waals surface area contributed by atoms with Crippen LogP contribution >= 0.6 is 0 Å². The first-order chi connectivity index (χ1) is 13.3. The van der Waals surface area contributed by atoms with Gasteiger partial charge in [0, 0.05) is 18.2 Å². The van der Waals surface area contributed by atoms with E-state index in [0.29, 0.717) is 11.4 Å². The van der Waals surface area contributed by atoms with Crippen molar-refractivity contribution in [2.24, 2.45) is 0 Å². The van der Waals surface area contributed by atoms with Crippen LogP contribution in [0.3, 0.4) is 0 Å². The number of carbonyl (C=O) groups excluding carboxylic acids is 1. The molecule has 2 aromatic carbocycles. The topological polar surface area (TPSA) is 87.7 Å². The highest BCUT2D eigenvalue weighted by molar-refractivity contribution is 7.92. The number of benzene rings is 2. The number of rotatable bonds is 6. The molecule has 0 saturated carbocycles. The Balaban J connectivity index is 1.91. The first-order valence-corrected chi connectivity index (χ1v) is 10.5. The summed E-state index contributed by atoms with van der Waals surface area (Å²) in [5.41, 5.74) is 6.10. The minimum Gasteiger partial charge on any atom is -0.496 e. The van der Waals surface area contributed by atoms with E-state index in [9.17, 15) is 13.2 Å². The van der Waals surface area contributed by atoms with Crippen molar-refractivity contribution in [3.05, 3.63) is 65.7 Å². The Morgan fingerprint density at radius 2 is 1.86 bits per heavy atom. The van der Waals surface area contributed by atoms with Gasteiger partial charge in [-0.05, 0) is 36.8 Å². The summed E-state index contributed by atoms with van der Waals surface area (Å²) in [5.74, 6) is 0.576. The molecule has 0 bridgehead atoms. The third kappa shape index (κ3) is 4.12. The summed E-state index contributed by atoms with van der Waals surface area (Å²) in [6.07, 6.45) is 1.95. The molecule has 28 heavy (non-hydrogen) atoms. The number of para-hydroxylation sites is 1. The smallest absolute Gasteiger partial charge is 0.238 e. The molecule has 2 aromatic rings. The van der Waals surface area contributed by atoms with E-state index in [-0.39, 0.29) is 17.7 Å². The van der Waals surface area contributed by atoms with Crippen molar-refractivity contribution in [2.45, 2.75) is 19.9 Å². The van der Waals surface area contributed by atoms with Crippen LogP contribution in [0, 0.1) is 0 Å². The Bertz CT molecular complexity index is 1000. The fraction of sp³-hybridized carbons (Fsp3) is 0.250. The molecule has 0 aromatic heterocycles. The summed E-state index contributed by atoms with van der Waals surface area (Å²) in [4.78, 5) is 12.2. The van der Waals surface area contributed by atoms with E-state index in [0.717, 1.165) is 16.8 Å². The molecule has 8 heteroatoms. The highest BCUT2D eigenvalue weighted by atomic mass is 32.2. The van der Waals surface area contributed by atoms with Gasteiger partial charge in [-0.2, -0.15) is 0 Å². The van der Waals surface area contributed by atoms with Gasteiger partial charge >= 0.3 is 0 Å². The van der Waals surface area contributed by atoms with Gasteiger partial charge in [-0.25, -0.2) is 13.4 Å². The Labute approximate surface area is 165 Å². The maximum atomic E-state index is 12.2. The fourth-order valence-corrected chi connectivity index (χ4v) is 3.65. The van der Waals surface area contributed by atoms with Crippen molar-refractivity contribution < 1.29 is 17.9 Å². The summed E-state index contributed by atoms with van der Waals surface area (Å²) in [6.45, 7) is 3.08. The number of nitrogens with one attached hydrogen (secondary N) is 2. The van der Waals surface area contributed by atoms with Crippen LogP contribution < -0.4 is 14.9 Å². The average molecular weight is 401 g/mol. The van der Waals surface area contributed by atoms with Crippen LogP contribution in [0.1, 0.15) is 31.0 Å². The molecule has 0 aliphatic carbocycles. The van der Waals surface area contributed by atoms with Crippen LogP contribution in [0.15, 0.2) is 54.6 Å². The number of anilines is 1. The molecule has 1 atom stereocenters. The summed E-state index contributed by atoms with van der Waals surface area (Å²) >= 11 is 0. The number of sulfonamides is 1. The van der Waals surface area contributed by atoms with Gasteiger partial charge in [0.1, 0.15) is 11.8 Å². The van der Waals surface area contributed by atoms with Crippen molar-refractivity contribution in [3.63, 3.8) is 0 Å². The Kier molecular flexibility index (Phi) is 5.60. The Hall–Kier alpha value is -3.00. The normalized spacial score (nSPS) is 16.3. The first kappa shape index (κ1) is 19.8. The minimum atomic E-state index is -3.32. The van der Waals surface area contributed by atoms with E-state index < -0.39 is 10.0 Å². The maximum Gasteiger partial charge on any atom is 0.238 e. The van der Waals surface area contributed by atoms with Crippen LogP contribution in [0.4, 0.5) is 5.69 Å². The zero-order valence-electron chi connectivity index (χ0n) is 16.0. The quantitative estimate of drug-likeness (QED) is 0.777. The SMILES string of the molecule is CCS(=O)(=O)Nc1ccc(C2=CC(c3ccccc3OC)N(C(C)=O)N2)cc1. The lowest BCUT2D eigenvalue weighted by molar-refractivity contribution is -0.132. The number of amides is 1. The Morgan fingerprint density at radius 3 is 2.46 bits per heavy atom. The minimum absolute atomic E-state index is 0.00954. The molecule has 0 spiro atoms. The van der Waals surface area contributed by atoms with Gasteiger partial charge in [0.15, 0.2) is 0 Å². The number of ether oxygens (including phenoxy) is 1. The second kappa shape index (κ2) is 7.93. The molecular weight excluding hydrogens is 378 g/mol. The number of nitrogens with zero attached hydrogens (tertiary/aromatic N) is 1. The number of carbonyl (C=O) groups is 1. The summed E-state index contributed by atoms with van der Waals surface area (Å²) < 4.78 is 31.3. The first-order valence-electron chi connectivity index (χ1n) is 8.86. The Morgan fingerprint density at radius 1 is 1.18 bits per heavy atom. The van der Waals surface area contributed by atoms with Crippen molar-refractivity contribution in [1.82, 2.24) is 10.4 Å². The van der Waals surface area contributed by atoms with Gasteiger partial charge in [-0.3, -0.25) is 14.9 Å². The van der Waals surface area contributed by atoms with E-state index in [1.807, 2.05) is 30.3 Å². The largest absolute Gasteiger partial charge is 0.496 e. The zero-order chi connectivity index (χ0) is 20.3. The highest BCUT2D eigenvalue weighted by Gasteiger charge is 2.30. The summed E-state index contributed by atoms with van der Waals surface area (Å²) in [7, 11) is -1.73.